The third-order valence-corrected chi connectivity index (χ3v) is 7.03. The Bertz CT molecular complexity index is 880. The maximum absolute atomic E-state index is 14.1. The number of rotatable bonds is 12. The smallest absolute Gasteiger partial charge is 0.407 e. The van der Waals surface area contributed by atoms with E-state index in [1.165, 1.54) is 4.90 Å². The molecule has 0 spiro atoms. The molecule has 1 saturated carbocycles. The van der Waals surface area contributed by atoms with Gasteiger partial charge >= 0.3 is 6.09 Å². The average molecular weight is 553 g/mol. The van der Waals surface area contributed by atoms with Crippen LogP contribution in [0.5, 0.6) is 0 Å². The zero-order chi connectivity index (χ0) is 29.3. The zero-order valence-corrected chi connectivity index (χ0v) is 24.4. The number of carbonyl (C=O) groups excluding carboxylic acids is 5. The van der Waals surface area contributed by atoms with Crippen LogP contribution in [-0.4, -0.2) is 77.5 Å². The number of Topliss-reactive ketones (excluding diaryl/α,β-unsaturated/α-hetero) is 1. The Labute approximate surface area is 232 Å². The fourth-order valence-electron chi connectivity index (χ4n) is 5.31. The number of amides is 4. The fraction of sp³-hybridized carbons (Fsp3) is 0.821. The summed E-state index contributed by atoms with van der Waals surface area (Å²) in [6.07, 6.45) is 4.43. The van der Waals surface area contributed by atoms with Crippen LogP contribution < -0.4 is 16.4 Å². The first-order valence-corrected chi connectivity index (χ1v) is 14.3. The van der Waals surface area contributed by atoms with Crippen molar-refractivity contribution in [1.82, 2.24) is 15.5 Å². The predicted molar refractivity (Wildman–Crippen MR) is 145 cm³/mol. The number of alkyl carbamates (subject to hydrolysis) is 1. The molecule has 4 amide bonds. The molecule has 0 bridgehead atoms. The molecule has 0 aromatic heterocycles. The highest BCUT2D eigenvalue weighted by molar-refractivity contribution is 6.37. The minimum Gasteiger partial charge on any atom is -0.449 e. The van der Waals surface area contributed by atoms with E-state index < -0.39 is 53.5 Å². The summed E-state index contributed by atoms with van der Waals surface area (Å²) in [6.45, 7) is 11.7. The summed E-state index contributed by atoms with van der Waals surface area (Å²) >= 11 is 0. The molecule has 11 heteroatoms. The van der Waals surface area contributed by atoms with Crippen molar-refractivity contribution in [2.45, 2.75) is 123 Å². The number of nitrogens with one attached hydrogen (secondary N) is 2. The molecule has 0 aromatic rings. The lowest BCUT2D eigenvalue weighted by molar-refractivity contribution is -0.143. The maximum atomic E-state index is 14.1. The lowest BCUT2D eigenvalue weighted by Gasteiger charge is -2.34. The minimum absolute atomic E-state index is 0.0894. The van der Waals surface area contributed by atoms with E-state index in [9.17, 15) is 24.0 Å². The molecule has 4 unspecified atom stereocenters. The van der Waals surface area contributed by atoms with Gasteiger partial charge in [-0.3, -0.25) is 19.2 Å². The number of hydrogen-bond acceptors (Lipinski definition) is 7. The van der Waals surface area contributed by atoms with Gasteiger partial charge in [0.15, 0.2) is 0 Å². The Morgan fingerprint density at radius 2 is 1.67 bits per heavy atom. The first kappa shape index (κ1) is 32.5. The quantitative estimate of drug-likeness (QED) is 0.314. The van der Waals surface area contributed by atoms with Crippen molar-refractivity contribution < 1.29 is 33.4 Å². The van der Waals surface area contributed by atoms with E-state index in [0.717, 1.165) is 32.1 Å². The summed E-state index contributed by atoms with van der Waals surface area (Å²) in [5.41, 5.74) is 4.68. The predicted octanol–water partition coefficient (Wildman–Crippen LogP) is 2.44. The third kappa shape index (κ3) is 10.1. The lowest BCUT2D eigenvalue weighted by Crippen LogP contribution is -2.58. The van der Waals surface area contributed by atoms with Gasteiger partial charge < -0.3 is 30.7 Å². The number of hydrogen-bond donors (Lipinski definition) is 3. The standard InChI is InChI=1S/C28H48N4O7/c1-7-11-20(23(33)24(29)34)30-25(35)21-14-19(39-28(4,5)6)15-32(21)26(36)22(18-12-9-8-10-13-18)31-27(37)38-16-17(2)3/h17-22H,7-16H2,1-6H3,(H2,29,34)(H,30,35)(H,31,37). The van der Waals surface area contributed by atoms with Gasteiger partial charge in [0.2, 0.25) is 17.6 Å². The highest BCUT2D eigenvalue weighted by Crippen LogP contribution is 2.31. The molecule has 11 nitrogen and oxygen atoms in total. The van der Waals surface area contributed by atoms with E-state index in [1.54, 1.807) is 0 Å². The molecular formula is C28H48N4O7. The normalized spacial score (nSPS) is 21.8. The summed E-state index contributed by atoms with van der Waals surface area (Å²) in [4.78, 5) is 65.6. The van der Waals surface area contributed by atoms with E-state index >= 15 is 0 Å². The number of ketones is 1. The highest BCUT2D eigenvalue weighted by Gasteiger charge is 2.46. The van der Waals surface area contributed by atoms with Crippen molar-refractivity contribution in [3.8, 4) is 0 Å². The van der Waals surface area contributed by atoms with Gasteiger partial charge in [0, 0.05) is 13.0 Å². The van der Waals surface area contributed by atoms with Gasteiger partial charge in [-0.25, -0.2) is 4.79 Å². The number of carbonyl (C=O) groups is 5. The largest absolute Gasteiger partial charge is 0.449 e. The van der Waals surface area contributed by atoms with Crippen molar-refractivity contribution in [3.05, 3.63) is 0 Å². The van der Waals surface area contributed by atoms with Gasteiger partial charge in [-0.05, 0) is 51.9 Å². The van der Waals surface area contributed by atoms with Crippen molar-refractivity contribution in [2.75, 3.05) is 13.2 Å². The van der Waals surface area contributed by atoms with E-state index in [-0.39, 0.29) is 43.7 Å². The summed E-state index contributed by atoms with van der Waals surface area (Å²) in [5.74, 6) is -2.88. The molecule has 1 aliphatic heterocycles. The molecule has 1 aliphatic carbocycles. The van der Waals surface area contributed by atoms with E-state index in [4.69, 9.17) is 15.2 Å². The van der Waals surface area contributed by atoms with Crippen LogP contribution in [-0.2, 0) is 28.7 Å². The molecule has 0 radical (unpaired) electrons. The molecule has 0 aromatic carbocycles. The summed E-state index contributed by atoms with van der Waals surface area (Å²) < 4.78 is 11.5. The van der Waals surface area contributed by atoms with E-state index in [2.05, 4.69) is 10.6 Å². The van der Waals surface area contributed by atoms with Crippen LogP contribution in [0.3, 0.4) is 0 Å². The summed E-state index contributed by atoms with van der Waals surface area (Å²) in [7, 11) is 0. The molecular weight excluding hydrogens is 504 g/mol. The van der Waals surface area contributed by atoms with Gasteiger partial charge in [-0.15, -0.1) is 0 Å². The zero-order valence-electron chi connectivity index (χ0n) is 24.4. The molecule has 1 saturated heterocycles. The summed E-state index contributed by atoms with van der Waals surface area (Å²) in [5, 5.41) is 5.45. The molecule has 1 heterocycles. The fourth-order valence-corrected chi connectivity index (χ4v) is 5.31. The van der Waals surface area contributed by atoms with Gasteiger partial charge in [0.1, 0.15) is 12.1 Å². The van der Waals surface area contributed by atoms with Crippen LogP contribution >= 0.6 is 0 Å². The molecule has 2 aliphatic rings. The number of nitrogens with two attached hydrogens (primary N) is 1. The molecule has 4 atom stereocenters. The van der Waals surface area contributed by atoms with Crippen LogP contribution in [0.1, 0.15) is 92.9 Å². The van der Waals surface area contributed by atoms with Crippen LogP contribution in [0, 0.1) is 11.8 Å². The Morgan fingerprint density at radius 3 is 2.21 bits per heavy atom. The highest BCUT2D eigenvalue weighted by atomic mass is 16.5. The SMILES string of the molecule is CCCC(NC(=O)C1CC(OC(C)(C)C)CN1C(=O)C(NC(=O)OCC(C)C)C1CCCCC1)C(=O)C(N)=O. The minimum atomic E-state index is -1.12. The van der Waals surface area contributed by atoms with Crippen molar-refractivity contribution in [3.63, 3.8) is 0 Å². The molecule has 2 rings (SSSR count). The van der Waals surface area contributed by atoms with Crippen molar-refractivity contribution in [1.29, 1.82) is 0 Å². The number of nitrogens with zero attached hydrogens (tertiary/aromatic N) is 1. The topological polar surface area (TPSA) is 157 Å². The molecule has 222 valence electrons. The lowest BCUT2D eigenvalue weighted by atomic mass is 9.83. The Kier molecular flexibility index (Phi) is 12.2. The number of primary amides is 1. The maximum Gasteiger partial charge on any atom is 0.407 e. The Morgan fingerprint density at radius 1 is 1.03 bits per heavy atom. The van der Waals surface area contributed by atoms with Crippen LogP contribution in [0.15, 0.2) is 0 Å². The Hall–Kier alpha value is -2.69. The molecule has 39 heavy (non-hydrogen) atoms. The van der Waals surface area contributed by atoms with Gasteiger partial charge in [0.25, 0.3) is 5.91 Å². The van der Waals surface area contributed by atoms with Crippen molar-refractivity contribution in [2.24, 2.45) is 17.6 Å². The van der Waals surface area contributed by atoms with Gasteiger partial charge in [-0.1, -0.05) is 46.5 Å². The van der Waals surface area contributed by atoms with Gasteiger partial charge in [0.05, 0.1) is 24.4 Å². The first-order valence-electron chi connectivity index (χ1n) is 14.3. The van der Waals surface area contributed by atoms with Crippen molar-refractivity contribution >= 4 is 29.6 Å². The Balaban J connectivity index is 2.33. The second kappa shape index (κ2) is 14.6. The second-order valence-corrected chi connectivity index (χ2v) is 12.2. The molecule has 2 fully saturated rings. The summed E-state index contributed by atoms with van der Waals surface area (Å²) in [6, 6.07) is -2.87. The number of likely N-dealkylation sites (tertiary alicyclic amines) is 1. The average Bonchev–Trinajstić information content (AvgIpc) is 3.27. The monoisotopic (exact) mass is 552 g/mol. The van der Waals surface area contributed by atoms with Crippen LogP contribution in [0.2, 0.25) is 0 Å². The van der Waals surface area contributed by atoms with Crippen LogP contribution in [0.4, 0.5) is 4.79 Å². The number of ether oxygens (including phenoxy) is 2. The first-order chi connectivity index (χ1) is 18.2. The third-order valence-electron chi connectivity index (χ3n) is 7.03. The molecule has 4 N–H and O–H groups in total. The second-order valence-electron chi connectivity index (χ2n) is 12.2. The van der Waals surface area contributed by atoms with Crippen LogP contribution in [0.25, 0.3) is 0 Å². The van der Waals surface area contributed by atoms with E-state index in [0.29, 0.717) is 6.42 Å². The van der Waals surface area contributed by atoms with Gasteiger partial charge in [-0.2, -0.15) is 0 Å². The van der Waals surface area contributed by atoms with E-state index in [1.807, 2.05) is 41.5 Å².